The molecule has 2 aromatic carbocycles. The Labute approximate surface area is 185 Å². The van der Waals surface area contributed by atoms with Gasteiger partial charge < -0.3 is 0 Å². The van der Waals surface area contributed by atoms with Crippen LogP contribution >= 0.6 is 23.5 Å². The number of rotatable bonds is 6. The Bertz CT molecular complexity index is 1070. The summed E-state index contributed by atoms with van der Waals surface area (Å²) < 4.78 is 0. The van der Waals surface area contributed by atoms with Crippen molar-refractivity contribution in [2.45, 2.75) is 9.79 Å². The van der Waals surface area contributed by atoms with E-state index in [-0.39, 0.29) is 11.4 Å². The van der Waals surface area contributed by atoms with Gasteiger partial charge in [0.2, 0.25) is 0 Å². The molecule has 30 heavy (non-hydrogen) atoms. The van der Waals surface area contributed by atoms with E-state index in [0.29, 0.717) is 11.4 Å². The highest BCUT2D eigenvalue weighted by atomic mass is 32.2. The van der Waals surface area contributed by atoms with Gasteiger partial charge in [-0.2, -0.15) is 10.5 Å². The SMILES string of the molecule is CSc1ccc(/C=C/c2nc(C#N)c(C#N)nc2/C=C/c2ccc(SC)cc2)cc1. The van der Waals surface area contributed by atoms with Crippen molar-refractivity contribution in [1.82, 2.24) is 9.97 Å². The van der Waals surface area contributed by atoms with E-state index in [0.717, 1.165) is 11.1 Å². The number of nitriles is 2. The number of nitrogens with zero attached hydrogens (tertiary/aromatic N) is 4. The Morgan fingerprint density at radius 1 is 0.633 bits per heavy atom. The minimum Gasteiger partial charge on any atom is -0.232 e. The van der Waals surface area contributed by atoms with Crippen LogP contribution in [0.3, 0.4) is 0 Å². The minimum atomic E-state index is 0.0244. The highest BCUT2D eigenvalue weighted by molar-refractivity contribution is 7.98. The van der Waals surface area contributed by atoms with E-state index in [1.54, 1.807) is 23.5 Å². The molecular weight excluding hydrogens is 408 g/mol. The molecule has 0 amide bonds. The molecule has 1 aromatic heterocycles. The molecule has 6 heteroatoms. The van der Waals surface area contributed by atoms with Gasteiger partial charge in [0.05, 0.1) is 11.4 Å². The summed E-state index contributed by atoms with van der Waals surface area (Å²) in [4.78, 5) is 11.1. The molecule has 0 saturated carbocycles. The lowest BCUT2D eigenvalue weighted by Crippen LogP contribution is -2.00. The van der Waals surface area contributed by atoms with Crippen LogP contribution in [0.4, 0.5) is 0 Å². The highest BCUT2D eigenvalue weighted by Crippen LogP contribution is 2.19. The van der Waals surface area contributed by atoms with Crippen LogP contribution in [-0.2, 0) is 0 Å². The maximum Gasteiger partial charge on any atom is 0.177 e. The van der Waals surface area contributed by atoms with E-state index < -0.39 is 0 Å². The Balaban J connectivity index is 1.97. The van der Waals surface area contributed by atoms with Gasteiger partial charge in [0.25, 0.3) is 0 Å². The average molecular weight is 427 g/mol. The zero-order chi connectivity index (χ0) is 21.3. The summed E-state index contributed by atoms with van der Waals surface area (Å²) in [6.45, 7) is 0. The number of hydrogen-bond acceptors (Lipinski definition) is 6. The van der Waals surface area contributed by atoms with E-state index in [1.165, 1.54) is 9.79 Å². The summed E-state index contributed by atoms with van der Waals surface area (Å²) in [5.41, 5.74) is 3.15. The number of thioether (sulfide) groups is 2. The fraction of sp³-hybridized carbons (Fsp3) is 0.0833. The molecule has 146 valence electrons. The summed E-state index contributed by atoms with van der Waals surface area (Å²) in [7, 11) is 0. The number of benzene rings is 2. The second-order valence-corrected chi connectivity index (χ2v) is 7.89. The first-order chi connectivity index (χ1) is 14.7. The Kier molecular flexibility index (Phi) is 7.45. The first kappa shape index (κ1) is 21.4. The molecule has 3 rings (SSSR count). The maximum absolute atomic E-state index is 9.32. The molecule has 0 aliphatic carbocycles. The van der Waals surface area contributed by atoms with Crippen molar-refractivity contribution in [1.29, 1.82) is 10.5 Å². The third kappa shape index (κ3) is 5.39. The van der Waals surface area contributed by atoms with Gasteiger partial charge in [0, 0.05) is 9.79 Å². The van der Waals surface area contributed by atoms with Crippen LogP contribution < -0.4 is 0 Å². The van der Waals surface area contributed by atoms with Crippen molar-refractivity contribution in [2.24, 2.45) is 0 Å². The van der Waals surface area contributed by atoms with Gasteiger partial charge in [-0.25, -0.2) is 9.97 Å². The maximum atomic E-state index is 9.32. The molecule has 0 radical (unpaired) electrons. The molecule has 0 N–H and O–H groups in total. The normalized spacial score (nSPS) is 10.9. The van der Waals surface area contributed by atoms with Gasteiger partial charge in [-0.1, -0.05) is 36.4 Å². The van der Waals surface area contributed by atoms with E-state index >= 15 is 0 Å². The molecule has 4 nitrogen and oxygen atoms in total. The lowest BCUT2D eigenvalue weighted by atomic mass is 10.1. The average Bonchev–Trinajstić information content (AvgIpc) is 2.81. The second kappa shape index (κ2) is 10.5. The van der Waals surface area contributed by atoms with E-state index in [9.17, 15) is 10.5 Å². The molecule has 0 bridgehead atoms. The van der Waals surface area contributed by atoms with Crippen LogP contribution in [0.2, 0.25) is 0 Å². The van der Waals surface area contributed by atoms with Crippen LogP contribution in [0.25, 0.3) is 24.3 Å². The third-order valence-electron chi connectivity index (χ3n) is 4.26. The fourth-order valence-corrected chi connectivity index (χ4v) is 3.46. The Morgan fingerprint density at radius 2 is 1.00 bits per heavy atom. The number of aromatic nitrogens is 2. The fourth-order valence-electron chi connectivity index (χ4n) is 2.64. The van der Waals surface area contributed by atoms with Crippen LogP contribution in [0.5, 0.6) is 0 Å². The predicted octanol–water partition coefficient (Wildman–Crippen LogP) is 6.00. The standard InChI is InChI=1S/C24H18N4S2/c1-29-19-9-3-17(4-10-19)7-13-21-22(28-24(16-26)23(15-25)27-21)14-8-18-5-11-20(30-2)12-6-18/h3-14H,1-2H3/b13-7+,14-8+. The summed E-state index contributed by atoms with van der Waals surface area (Å²) in [6, 6.07) is 20.2. The van der Waals surface area contributed by atoms with Crippen LogP contribution in [-0.4, -0.2) is 22.5 Å². The van der Waals surface area contributed by atoms with Gasteiger partial charge in [-0.05, 0) is 60.1 Å². The van der Waals surface area contributed by atoms with Crippen molar-refractivity contribution in [3.8, 4) is 12.1 Å². The zero-order valence-electron chi connectivity index (χ0n) is 16.5. The van der Waals surface area contributed by atoms with Crippen molar-refractivity contribution >= 4 is 47.8 Å². The summed E-state index contributed by atoms with van der Waals surface area (Å²) in [5, 5.41) is 18.6. The first-order valence-corrected chi connectivity index (χ1v) is 11.5. The summed E-state index contributed by atoms with van der Waals surface area (Å²) in [6.07, 6.45) is 11.6. The largest absolute Gasteiger partial charge is 0.232 e. The van der Waals surface area contributed by atoms with Gasteiger partial charge in [0.15, 0.2) is 11.4 Å². The van der Waals surface area contributed by atoms with Crippen LogP contribution in [0.1, 0.15) is 33.9 Å². The molecule has 1 heterocycles. The smallest absolute Gasteiger partial charge is 0.177 e. The monoisotopic (exact) mass is 426 g/mol. The zero-order valence-corrected chi connectivity index (χ0v) is 18.2. The predicted molar refractivity (Wildman–Crippen MR) is 126 cm³/mol. The van der Waals surface area contributed by atoms with Gasteiger partial charge in [0.1, 0.15) is 12.1 Å². The lowest BCUT2D eigenvalue weighted by Gasteiger charge is -2.03. The lowest BCUT2D eigenvalue weighted by molar-refractivity contribution is 1.10. The van der Waals surface area contributed by atoms with E-state index in [2.05, 4.69) is 34.2 Å². The molecule has 0 aliphatic heterocycles. The van der Waals surface area contributed by atoms with Crippen molar-refractivity contribution in [3.63, 3.8) is 0 Å². The first-order valence-electron chi connectivity index (χ1n) is 9.03. The molecule has 0 fully saturated rings. The van der Waals surface area contributed by atoms with Gasteiger partial charge >= 0.3 is 0 Å². The minimum absolute atomic E-state index is 0.0244. The molecule has 0 atom stereocenters. The van der Waals surface area contributed by atoms with Crippen LogP contribution in [0, 0.1) is 22.7 Å². The van der Waals surface area contributed by atoms with E-state index in [4.69, 9.17) is 0 Å². The molecule has 0 unspecified atom stereocenters. The summed E-state index contributed by atoms with van der Waals surface area (Å²) in [5.74, 6) is 0. The number of hydrogen-bond donors (Lipinski definition) is 0. The second-order valence-electron chi connectivity index (χ2n) is 6.13. The van der Waals surface area contributed by atoms with Crippen molar-refractivity contribution in [3.05, 3.63) is 82.4 Å². The summed E-state index contributed by atoms with van der Waals surface area (Å²) >= 11 is 3.37. The topological polar surface area (TPSA) is 73.4 Å². The van der Waals surface area contributed by atoms with Crippen LogP contribution in [0.15, 0.2) is 58.3 Å². The van der Waals surface area contributed by atoms with E-state index in [1.807, 2.05) is 73.2 Å². The Morgan fingerprint density at radius 3 is 1.30 bits per heavy atom. The third-order valence-corrected chi connectivity index (χ3v) is 5.75. The van der Waals surface area contributed by atoms with Crippen molar-refractivity contribution < 1.29 is 0 Å². The molecule has 0 spiro atoms. The molecule has 0 saturated heterocycles. The molecule has 0 aliphatic rings. The molecule has 3 aromatic rings. The van der Waals surface area contributed by atoms with Crippen molar-refractivity contribution in [2.75, 3.05) is 12.5 Å². The quantitative estimate of drug-likeness (QED) is 0.450. The molecular formula is C24H18N4S2. The van der Waals surface area contributed by atoms with Gasteiger partial charge in [-0.15, -0.1) is 23.5 Å². The Hall–Kier alpha value is -3.32. The van der Waals surface area contributed by atoms with Gasteiger partial charge in [-0.3, -0.25) is 0 Å². The highest BCUT2D eigenvalue weighted by Gasteiger charge is 2.10.